The summed E-state index contributed by atoms with van der Waals surface area (Å²) in [6, 6.07) is 17.9. The van der Waals surface area contributed by atoms with E-state index in [-0.39, 0.29) is 12.3 Å². The molecule has 0 saturated heterocycles. The first-order chi connectivity index (χ1) is 19.0. The van der Waals surface area contributed by atoms with E-state index in [0.717, 1.165) is 0 Å². The lowest BCUT2D eigenvalue weighted by atomic mass is 9.98. The van der Waals surface area contributed by atoms with Crippen molar-refractivity contribution in [3.05, 3.63) is 77.9 Å². The Hall–Kier alpha value is -4.73. The first-order valence-electron chi connectivity index (χ1n) is 12.8. The van der Waals surface area contributed by atoms with Crippen molar-refractivity contribution in [2.45, 2.75) is 45.8 Å². The molecule has 10 heteroatoms. The molecule has 0 radical (unpaired) electrons. The lowest BCUT2D eigenvalue weighted by Gasteiger charge is -2.34. The predicted octanol–water partition coefficient (Wildman–Crippen LogP) is 4.34. The van der Waals surface area contributed by atoms with Gasteiger partial charge >= 0.3 is 0 Å². The van der Waals surface area contributed by atoms with Crippen LogP contribution >= 0.6 is 0 Å². The summed E-state index contributed by atoms with van der Waals surface area (Å²) in [5.41, 5.74) is 1.86. The van der Waals surface area contributed by atoms with Gasteiger partial charge in [-0.2, -0.15) is 0 Å². The Morgan fingerprint density at radius 2 is 1.70 bits per heavy atom. The summed E-state index contributed by atoms with van der Waals surface area (Å²) in [5.74, 6) is -0.350. The van der Waals surface area contributed by atoms with Gasteiger partial charge in [0.1, 0.15) is 18.1 Å². The van der Waals surface area contributed by atoms with Crippen LogP contribution in [0.2, 0.25) is 0 Å². The monoisotopic (exact) mass is 543 g/mol. The fraction of sp³-hybridized carbons (Fsp3) is 0.300. The van der Waals surface area contributed by atoms with Crippen LogP contribution in [0.4, 0.5) is 5.69 Å². The molecule has 0 fully saturated rings. The standard InChI is InChI=1S/C30H33N5O5/c1-19(36)20-11-9-12-21(17-20)35(26(37)18-34-24-15-8-7-14-23(24)32-33-34)27(29(38)31-30(2,3)4)22-13-10-16-25(39-5)28(22)40-6/h7-17,27H,18H2,1-6H3,(H,31,38). The highest BCUT2D eigenvalue weighted by Gasteiger charge is 2.37. The molecule has 1 unspecified atom stereocenters. The summed E-state index contributed by atoms with van der Waals surface area (Å²) in [7, 11) is 2.98. The average Bonchev–Trinajstić information content (AvgIpc) is 3.32. The van der Waals surface area contributed by atoms with Crippen molar-refractivity contribution in [1.29, 1.82) is 0 Å². The van der Waals surface area contributed by atoms with Gasteiger partial charge in [-0.25, -0.2) is 4.68 Å². The summed E-state index contributed by atoms with van der Waals surface area (Å²) >= 11 is 0. The van der Waals surface area contributed by atoms with Gasteiger partial charge in [-0.05, 0) is 58.0 Å². The molecule has 1 aromatic heterocycles. The van der Waals surface area contributed by atoms with Crippen molar-refractivity contribution in [3.8, 4) is 11.5 Å². The number of ether oxygens (including phenoxy) is 2. The van der Waals surface area contributed by atoms with Crippen molar-refractivity contribution in [3.63, 3.8) is 0 Å². The normalized spacial score (nSPS) is 12.1. The quantitative estimate of drug-likeness (QED) is 0.312. The molecule has 1 N–H and O–H groups in total. The van der Waals surface area contributed by atoms with E-state index in [9.17, 15) is 14.4 Å². The fourth-order valence-electron chi connectivity index (χ4n) is 4.51. The number of carbonyl (C=O) groups is 3. The second kappa shape index (κ2) is 11.6. The van der Waals surface area contributed by atoms with Gasteiger partial charge in [-0.1, -0.05) is 41.6 Å². The number of hydrogen-bond donors (Lipinski definition) is 1. The molecule has 2 amide bonds. The number of nitrogens with zero attached hydrogens (tertiary/aromatic N) is 4. The first-order valence-corrected chi connectivity index (χ1v) is 12.8. The average molecular weight is 544 g/mol. The summed E-state index contributed by atoms with van der Waals surface area (Å²) in [6.07, 6.45) is 0. The Morgan fingerprint density at radius 1 is 0.975 bits per heavy atom. The number of carbonyl (C=O) groups excluding carboxylic acids is 3. The van der Waals surface area contributed by atoms with Crippen LogP contribution in [-0.2, 0) is 16.1 Å². The van der Waals surface area contributed by atoms with E-state index in [1.54, 1.807) is 48.5 Å². The summed E-state index contributed by atoms with van der Waals surface area (Å²) in [6.45, 7) is 6.80. The number of rotatable bonds is 9. The van der Waals surface area contributed by atoms with Crippen molar-refractivity contribution in [2.24, 2.45) is 0 Å². The molecule has 0 aliphatic heterocycles. The molecule has 0 bridgehead atoms. The van der Waals surface area contributed by atoms with Crippen LogP contribution < -0.4 is 19.7 Å². The second-order valence-corrected chi connectivity index (χ2v) is 10.3. The third kappa shape index (κ3) is 5.96. The van der Waals surface area contributed by atoms with Gasteiger partial charge in [0.25, 0.3) is 0 Å². The highest BCUT2D eigenvalue weighted by Crippen LogP contribution is 2.39. The zero-order valence-corrected chi connectivity index (χ0v) is 23.5. The van der Waals surface area contributed by atoms with Crippen LogP contribution in [0, 0.1) is 0 Å². The zero-order valence-electron chi connectivity index (χ0n) is 23.5. The third-order valence-corrected chi connectivity index (χ3v) is 6.24. The van der Waals surface area contributed by atoms with E-state index in [4.69, 9.17) is 9.47 Å². The molecule has 0 aliphatic carbocycles. The van der Waals surface area contributed by atoms with Gasteiger partial charge in [-0.15, -0.1) is 5.10 Å². The number of hydrogen-bond acceptors (Lipinski definition) is 7. The van der Waals surface area contributed by atoms with E-state index in [1.807, 2.05) is 39.0 Å². The first kappa shape index (κ1) is 28.3. The minimum absolute atomic E-state index is 0.175. The minimum atomic E-state index is -1.19. The second-order valence-electron chi connectivity index (χ2n) is 10.3. The fourth-order valence-corrected chi connectivity index (χ4v) is 4.51. The maximum atomic E-state index is 14.3. The molecule has 1 atom stereocenters. The molecule has 0 spiro atoms. The van der Waals surface area contributed by atoms with Crippen molar-refractivity contribution >= 4 is 34.3 Å². The molecular weight excluding hydrogens is 510 g/mol. The van der Waals surface area contributed by atoms with E-state index in [0.29, 0.717) is 39.3 Å². The van der Waals surface area contributed by atoms with Crippen molar-refractivity contribution in [1.82, 2.24) is 20.3 Å². The van der Waals surface area contributed by atoms with Crippen molar-refractivity contribution in [2.75, 3.05) is 19.1 Å². The van der Waals surface area contributed by atoms with Crippen molar-refractivity contribution < 1.29 is 23.9 Å². The van der Waals surface area contributed by atoms with Gasteiger partial charge in [0.15, 0.2) is 17.3 Å². The molecule has 1 heterocycles. The number of fused-ring (bicyclic) bond motifs is 1. The van der Waals surface area contributed by atoms with Gasteiger partial charge in [0.05, 0.1) is 19.7 Å². The molecule has 4 aromatic rings. The van der Waals surface area contributed by atoms with Crippen LogP contribution in [0.25, 0.3) is 11.0 Å². The van der Waals surface area contributed by atoms with Gasteiger partial charge in [-0.3, -0.25) is 19.3 Å². The molecule has 208 valence electrons. The predicted molar refractivity (Wildman–Crippen MR) is 152 cm³/mol. The molecule has 4 rings (SSSR count). The number of amides is 2. The van der Waals surface area contributed by atoms with Gasteiger partial charge in [0.2, 0.25) is 11.8 Å². The number of anilines is 1. The lowest BCUT2D eigenvalue weighted by molar-refractivity contribution is -0.128. The third-order valence-electron chi connectivity index (χ3n) is 6.24. The Labute approximate surface area is 232 Å². The van der Waals surface area contributed by atoms with Crippen LogP contribution in [-0.4, -0.2) is 52.3 Å². The van der Waals surface area contributed by atoms with Gasteiger partial charge < -0.3 is 14.8 Å². The number of para-hydroxylation sites is 2. The van der Waals surface area contributed by atoms with E-state index in [1.165, 1.54) is 30.7 Å². The minimum Gasteiger partial charge on any atom is -0.493 e. The summed E-state index contributed by atoms with van der Waals surface area (Å²) in [5, 5.41) is 11.3. The molecule has 40 heavy (non-hydrogen) atoms. The zero-order chi connectivity index (χ0) is 29.0. The maximum Gasteiger partial charge on any atom is 0.249 e. The highest BCUT2D eigenvalue weighted by molar-refractivity contribution is 6.03. The Morgan fingerprint density at radius 3 is 2.38 bits per heavy atom. The lowest BCUT2D eigenvalue weighted by Crippen LogP contribution is -2.50. The van der Waals surface area contributed by atoms with Crippen LogP contribution in [0.1, 0.15) is 49.7 Å². The van der Waals surface area contributed by atoms with Crippen LogP contribution in [0.5, 0.6) is 11.5 Å². The smallest absolute Gasteiger partial charge is 0.249 e. The summed E-state index contributed by atoms with van der Waals surface area (Å²) < 4.78 is 12.7. The SMILES string of the molecule is COc1cccc(C(C(=O)NC(C)(C)C)N(C(=O)Cn2nnc3ccccc32)c2cccc(C(C)=O)c2)c1OC. The largest absolute Gasteiger partial charge is 0.493 e. The van der Waals surface area contributed by atoms with E-state index < -0.39 is 23.4 Å². The number of ketones is 1. The van der Waals surface area contributed by atoms with Crippen LogP contribution in [0.15, 0.2) is 66.7 Å². The number of methoxy groups -OCH3 is 2. The highest BCUT2D eigenvalue weighted by atomic mass is 16.5. The molecule has 10 nitrogen and oxygen atoms in total. The molecule has 0 saturated carbocycles. The molecular formula is C30H33N5O5. The number of aromatic nitrogens is 3. The van der Waals surface area contributed by atoms with E-state index >= 15 is 0 Å². The molecule has 3 aromatic carbocycles. The Kier molecular flexibility index (Phi) is 8.18. The summed E-state index contributed by atoms with van der Waals surface area (Å²) in [4.78, 5) is 42.0. The van der Waals surface area contributed by atoms with Gasteiger partial charge in [0, 0.05) is 22.4 Å². The number of nitrogens with one attached hydrogen (secondary N) is 1. The maximum absolute atomic E-state index is 14.3. The Balaban J connectivity index is 1.94. The molecule has 0 aliphatic rings. The number of Topliss-reactive ketones (excluding diaryl/α,β-unsaturated/α-hetero) is 1. The van der Waals surface area contributed by atoms with Crippen LogP contribution in [0.3, 0.4) is 0 Å². The topological polar surface area (TPSA) is 116 Å². The van der Waals surface area contributed by atoms with E-state index in [2.05, 4.69) is 15.6 Å². The Bertz CT molecular complexity index is 1560. The number of benzene rings is 3.